The van der Waals surface area contributed by atoms with Crippen molar-refractivity contribution in [3.05, 3.63) is 73.4 Å². The number of ether oxygens (including phenoxy) is 1. The second-order valence-electron chi connectivity index (χ2n) is 6.35. The molecule has 0 spiro atoms. The van der Waals surface area contributed by atoms with Crippen LogP contribution >= 0.6 is 0 Å². The summed E-state index contributed by atoms with van der Waals surface area (Å²) in [5.74, 6) is 0. The van der Waals surface area contributed by atoms with E-state index in [4.69, 9.17) is 4.74 Å². The molecule has 6 heteroatoms. The summed E-state index contributed by atoms with van der Waals surface area (Å²) in [6.07, 6.45) is 9.30. The molecule has 0 atom stereocenters. The maximum Gasteiger partial charge on any atom is 0.316 e. The van der Waals surface area contributed by atoms with E-state index in [-0.39, 0.29) is 0 Å². The van der Waals surface area contributed by atoms with Gasteiger partial charge < -0.3 is 4.74 Å². The lowest BCUT2D eigenvalue weighted by molar-refractivity contribution is 0.312. The van der Waals surface area contributed by atoms with Crippen molar-refractivity contribution in [1.29, 1.82) is 0 Å². The van der Waals surface area contributed by atoms with Gasteiger partial charge in [-0.1, -0.05) is 18.2 Å². The van der Waals surface area contributed by atoms with Crippen LogP contribution in [0.3, 0.4) is 0 Å². The number of rotatable bonds is 4. The number of aromatic nitrogens is 5. The number of hydrogen-bond acceptors (Lipinski definition) is 5. The van der Waals surface area contributed by atoms with E-state index in [1.165, 1.54) is 0 Å². The van der Waals surface area contributed by atoms with E-state index in [0.29, 0.717) is 12.6 Å². The predicted octanol–water partition coefficient (Wildman–Crippen LogP) is 4.41. The maximum atomic E-state index is 5.31. The summed E-state index contributed by atoms with van der Waals surface area (Å²) < 4.78 is 7.39. The molecule has 136 valence electrons. The van der Waals surface area contributed by atoms with E-state index in [2.05, 4.69) is 30.4 Å². The minimum atomic E-state index is 0.389. The Labute approximate surface area is 161 Å². The second kappa shape index (κ2) is 6.74. The van der Waals surface area contributed by atoms with Crippen molar-refractivity contribution in [3.8, 4) is 28.4 Å². The molecule has 0 aliphatic carbocycles. The first-order chi connectivity index (χ1) is 13.8. The van der Waals surface area contributed by atoms with Crippen molar-refractivity contribution in [1.82, 2.24) is 24.3 Å². The first kappa shape index (κ1) is 16.4. The zero-order valence-corrected chi connectivity index (χ0v) is 15.3. The molecule has 0 saturated heterocycles. The molecule has 0 radical (unpaired) electrons. The van der Waals surface area contributed by atoms with Gasteiger partial charge in [-0.2, -0.15) is 0 Å². The standard InChI is InChI=1S/C22H17N5O/c1-2-28-22-25-12-16(13-26-22)15-8-10-27-20(14-24-21(27)11-15)18-7-9-23-19-6-4-3-5-17(18)19/h3-14H,2H2,1H3. The average molecular weight is 367 g/mol. The summed E-state index contributed by atoms with van der Waals surface area (Å²) in [6, 6.07) is 14.6. The van der Waals surface area contributed by atoms with Gasteiger partial charge in [0.1, 0.15) is 5.65 Å². The molecule has 4 heterocycles. The molecule has 4 aromatic heterocycles. The van der Waals surface area contributed by atoms with E-state index in [1.54, 1.807) is 12.4 Å². The molecule has 0 saturated carbocycles. The van der Waals surface area contributed by atoms with Gasteiger partial charge in [0, 0.05) is 41.3 Å². The molecule has 0 N–H and O–H groups in total. The Balaban J connectivity index is 1.58. The summed E-state index contributed by atoms with van der Waals surface area (Å²) in [5.41, 5.74) is 5.90. The lowest BCUT2D eigenvalue weighted by Gasteiger charge is -2.07. The Kier molecular flexibility index (Phi) is 3.94. The molecule has 0 aliphatic heterocycles. The first-order valence-electron chi connectivity index (χ1n) is 9.10. The van der Waals surface area contributed by atoms with E-state index < -0.39 is 0 Å². The number of benzene rings is 1. The number of para-hydroxylation sites is 1. The van der Waals surface area contributed by atoms with Crippen LogP contribution in [0.4, 0.5) is 0 Å². The summed E-state index contributed by atoms with van der Waals surface area (Å²) in [7, 11) is 0. The quantitative estimate of drug-likeness (QED) is 0.471. The van der Waals surface area contributed by atoms with Crippen molar-refractivity contribution >= 4 is 16.6 Å². The molecule has 0 amide bonds. The molecule has 0 fully saturated rings. The second-order valence-corrected chi connectivity index (χ2v) is 6.35. The molecule has 0 aliphatic rings. The molecule has 5 aromatic rings. The Morgan fingerprint density at radius 1 is 0.893 bits per heavy atom. The summed E-state index contributed by atoms with van der Waals surface area (Å²) >= 11 is 0. The highest BCUT2D eigenvalue weighted by atomic mass is 16.5. The summed E-state index contributed by atoms with van der Waals surface area (Å²) in [6.45, 7) is 2.46. The van der Waals surface area contributed by atoms with Gasteiger partial charge in [0.05, 0.1) is 24.0 Å². The summed E-state index contributed by atoms with van der Waals surface area (Å²) in [5, 5.41) is 1.11. The Morgan fingerprint density at radius 3 is 2.61 bits per heavy atom. The van der Waals surface area contributed by atoms with Crippen LogP contribution in [-0.4, -0.2) is 30.9 Å². The van der Waals surface area contributed by atoms with Crippen LogP contribution in [0.2, 0.25) is 0 Å². The number of imidazole rings is 1. The zero-order valence-electron chi connectivity index (χ0n) is 15.3. The van der Waals surface area contributed by atoms with Crippen LogP contribution in [0.25, 0.3) is 38.9 Å². The molecule has 28 heavy (non-hydrogen) atoms. The fraction of sp³-hybridized carbons (Fsp3) is 0.0909. The fourth-order valence-electron chi connectivity index (χ4n) is 3.35. The number of nitrogens with zero attached hydrogens (tertiary/aromatic N) is 5. The van der Waals surface area contributed by atoms with Gasteiger partial charge in [0.25, 0.3) is 0 Å². The van der Waals surface area contributed by atoms with Crippen LogP contribution in [0.15, 0.2) is 73.4 Å². The van der Waals surface area contributed by atoms with Crippen LogP contribution < -0.4 is 4.74 Å². The summed E-state index contributed by atoms with van der Waals surface area (Å²) in [4.78, 5) is 17.6. The van der Waals surface area contributed by atoms with Gasteiger partial charge in [0.15, 0.2) is 0 Å². The maximum absolute atomic E-state index is 5.31. The monoisotopic (exact) mass is 367 g/mol. The van der Waals surface area contributed by atoms with Crippen LogP contribution in [-0.2, 0) is 0 Å². The van der Waals surface area contributed by atoms with Gasteiger partial charge in [0.2, 0.25) is 0 Å². The highest BCUT2D eigenvalue weighted by Crippen LogP contribution is 2.29. The fourth-order valence-corrected chi connectivity index (χ4v) is 3.35. The van der Waals surface area contributed by atoms with Crippen LogP contribution in [0.1, 0.15) is 6.92 Å². The van der Waals surface area contributed by atoms with Gasteiger partial charge in [-0.25, -0.2) is 15.0 Å². The highest BCUT2D eigenvalue weighted by molar-refractivity contribution is 5.93. The molecule has 5 rings (SSSR count). The van der Waals surface area contributed by atoms with Crippen molar-refractivity contribution < 1.29 is 4.74 Å². The third-order valence-electron chi connectivity index (χ3n) is 4.67. The van der Waals surface area contributed by atoms with Crippen molar-refractivity contribution in [2.75, 3.05) is 6.61 Å². The zero-order chi connectivity index (χ0) is 18.9. The van der Waals surface area contributed by atoms with Gasteiger partial charge in [-0.05, 0) is 36.8 Å². The molecule has 6 nitrogen and oxygen atoms in total. The van der Waals surface area contributed by atoms with E-state index in [0.717, 1.165) is 38.9 Å². The molecule has 1 aromatic carbocycles. The van der Waals surface area contributed by atoms with E-state index in [1.807, 2.05) is 61.9 Å². The normalized spacial score (nSPS) is 11.2. The molecule has 0 bridgehead atoms. The van der Waals surface area contributed by atoms with Gasteiger partial charge in [-0.3, -0.25) is 9.38 Å². The lowest BCUT2D eigenvalue weighted by atomic mass is 10.1. The Hall–Kier alpha value is -3.80. The SMILES string of the molecule is CCOc1ncc(-c2ccn3c(-c4ccnc5ccccc45)cnc3c2)cn1. The van der Waals surface area contributed by atoms with Crippen molar-refractivity contribution in [2.24, 2.45) is 0 Å². The van der Waals surface area contributed by atoms with Crippen molar-refractivity contribution in [3.63, 3.8) is 0 Å². The number of hydrogen-bond donors (Lipinski definition) is 0. The molecular formula is C22H17N5O. The van der Waals surface area contributed by atoms with Gasteiger partial charge in [-0.15, -0.1) is 0 Å². The predicted molar refractivity (Wildman–Crippen MR) is 108 cm³/mol. The highest BCUT2D eigenvalue weighted by Gasteiger charge is 2.11. The van der Waals surface area contributed by atoms with Crippen LogP contribution in [0.5, 0.6) is 6.01 Å². The van der Waals surface area contributed by atoms with E-state index >= 15 is 0 Å². The topological polar surface area (TPSA) is 65.2 Å². The average Bonchev–Trinajstić information content (AvgIpc) is 3.17. The lowest BCUT2D eigenvalue weighted by Crippen LogP contribution is -1.97. The van der Waals surface area contributed by atoms with E-state index in [9.17, 15) is 0 Å². The molecular weight excluding hydrogens is 350 g/mol. The van der Waals surface area contributed by atoms with Crippen molar-refractivity contribution in [2.45, 2.75) is 6.92 Å². The Bertz CT molecular complexity index is 1270. The third kappa shape index (κ3) is 2.75. The largest absolute Gasteiger partial charge is 0.464 e. The third-order valence-corrected chi connectivity index (χ3v) is 4.67. The Morgan fingerprint density at radius 2 is 1.75 bits per heavy atom. The minimum absolute atomic E-state index is 0.389. The molecule has 0 unspecified atom stereocenters. The van der Waals surface area contributed by atoms with Crippen LogP contribution in [0, 0.1) is 0 Å². The number of fused-ring (bicyclic) bond motifs is 2. The first-order valence-corrected chi connectivity index (χ1v) is 9.10. The smallest absolute Gasteiger partial charge is 0.316 e. The van der Waals surface area contributed by atoms with Gasteiger partial charge >= 0.3 is 6.01 Å². The number of pyridine rings is 2. The minimum Gasteiger partial charge on any atom is -0.464 e.